The zero-order valence-corrected chi connectivity index (χ0v) is 21.3. The monoisotopic (exact) mass is 510 g/mol. The van der Waals surface area contributed by atoms with Gasteiger partial charge in [0, 0.05) is 33.2 Å². The number of hydrogen-bond donors (Lipinski definition) is 0. The van der Waals surface area contributed by atoms with Crippen LogP contribution in [0.1, 0.15) is 16.7 Å². The molecule has 1 spiro atoms. The van der Waals surface area contributed by atoms with Gasteiger partial charge in [-0.15, -0.1) is 0 Å². The number of ether oxygens (including phenoxy) is 1. The van der Waals surface area contributed by atoms with Crippen molar-refractivity contribution in [1.29, 1.82) is 0 Å². The van der Waals surface area contributed by atoms with E-state index in [1.54, 1.807) is 0 Å². The highest BCUT2D eigenvalue weighted by Gasteiger charge is 2.59. The van der Waals surface area contributed by atoms with E-state index in [-0.39, 0.29) is 0 Å². The molecule has 4 nitrogen and oxygen atoms in total. The van der Waals surface area contributed by atoms with Crippen LogP contribution in [0, 0.1) is 0 Å². The van der Waals surface area contributed by atoms with Gasteiger partial charge in [-0.3, -0.25) is 0 Å². The maximum absolute atomic E-state index is 6.89. The van der Waals surface area contributed by atoms with Gasteiger partial charge in [-0.1, -0.05) is 54.6 Å². The van der Waals surface area contributed by atoms with Crippen LogP contribution in [0.25, 0.3) is 55.1 Å². The molecule has 0 radical (unpaired) electrons. The molecule has 0 saturated heterocycles. The quantitative estimate of drug-likeness (QED) is 0.191. The minimum atomic E-state index is -0.593. The zero-order valence-electron chi connectivity index (χ0n) is 21.3. The third-order valence-electron chi connectivity index (χ3n) is 9.50. The van der Waals surface area contributed by atoms with Crippen molar-refractivity contribution < 1.29 is 9.30 Å². The molecule has 3 aromatic heterocycles. The molecule has 6 heterocycles. The van der Waals surface area contributed by atoms with Crippen molar-refractivity contribution >= 4 is 43.6 Å². The first-order valence-corrected chi connectivity index (χ1v) is 13.8. The molecule has 0 saturated carbocycles. The van der Waals surface area contributed by atoms with Gasteiger partial charge in [-0.2, -0.15) is 4.57 Å². The Bertz CT molecular complexity index is 2300. The van der Waals surface area contributed by atoms with Gasteiger partial charge in [0.15, 0.2) is 5.52 Å². The van der Waals surface area contributed by atoms with Gasteiger partial charge in [0.25, 0.3) is 5.82 Å². The summed E-state index contributed by atoms with van der Waals surface area (Å²) in [6.45, 7) is 0. The lowest BCUT2D eigenvalue weighted by Crippen LogP contribution is -2.64. The van der Waals surface area contributed by atoms with Crippen LogP contribution in [0.4, 0.5) is 0 Å². The summed E-state index contributed by atoms with van der Waals surface area (Å²) >= 11 is 0. The largest absolute Gasteiger partial charge is 0.456 e. The molecular formula is C36H20N3O+. The fourth-order valence-electron chi connectivity index (χ4n) is 8.19. The molecular weight excluding hydrogens is 490 g/mol. The maximum Gasteiger partial charge on any atom is 0.288 e. The first-order chi connectivity index (χ1) is 19.9. The summed E-state index contributed by atoms with van der Waals surface area (Å²) in [6, 6.07) is 41.9. The predicted octanol–water partition coefficient (Wildman–Crippen LogP) is 7.74. The van der Waals surface area contributed by atoms with Crippen LogP contribution < -0.4 is 9.30 Å². The van der Waals surface area contributed by atoms with Crippen LogP contribution >= 0.6 is 0 Å². The van der Waals surface area contributed by atoms with Crippen molar-refractivity contribution in [2.24, 2.45) is 0 Å². The van der Waals surface area contributed by atoms with Crippen LogP contribution in [0.5, 0.6) is 11.5 Å². The van der Waals surface area contributed by atoms with E-state index < -0.39 is 5.54 Å². The van der Waals surface area contributed by atoms with Crippen molar-refractivity contribution in [3.05, 3.63) is 138 Å². The average molecular weight is 511 g/mol. The topological polar surface area (TPSA) is 23.0 Å². The minimum absolute atomic E-state index is 0.593. The summed E-state index contributed by atoms with van der Waals surface area (Å²) in [5.41, 5.74) is 9.22. The minimum Gasteiger partial charge on any atom is -0.456 e. The third-order valence-corrected chi connectivity index (χ3v) is 9.50. The molecule has 0 bridgehead atoms. The second-order valence-electron chi connectivity index (χ2n) is 11.1. The molecule has 3 aliphatic heterocycles. The molecule has 0 fully saturated rings. The Hall–Kier alpha value is -5.35. The van der Waals surface area contributed by atoms with Gasteiger partial charge in [0.05, 0.1) is 34.0 Å². The van der Waals surface area contributed by atoms with E-state index in [2.05, 4.69) is 135 Å². The van der Waals surface area contributed by atoms with Crippen molar-refractivity contribution in [1.82, 2.24) is 9.13 Å². The van der Waals surface area contributed by atoms with Gasteiger partial charge < -0.3 is 9.30 Å². The molecule has 3 aliphatic rings. The van der Waals surface area contributed by atoms with E-state index in [0.29, 0.717) is 0 Å². The summed E-state index contributed by atoms with van der Waals surface area (Å²) in [7, 11) is 0. The Morgan fingerprint density at radius 1 is 0.525 bits per heavy atom. The van der Waals surface area contributed by atoms with Gasteiger partial charge in [0.1, 0.15) is 17.0 Å². The lowest BCUT2D eigenvalue weighted by molar-refractivity contribution is -0.730. The second kappa shape index (κ2) is 6.27. The van der Waals surface area contributed by atoms with Gasteiger partial charge >= 0.3 is 0 Å². The molecule has 8 aromatic rings. The molecule has 184 valence electrons. The van der Waals surface area contributed by atoms with E-state index in [9.17, 15) is 0 Å². The number of para-hydroxylation sites is 3. The van der Waals surface area contributed by atoms with Crippen molar-refractivity contribution in [2.75, 3.05) is 0 Å². The summed E-state index contributed by atoms with van der Waals surface area (Å²) in [5.74, 6) is 3.00. The predicted molar refractivity (Wildman–Crippen MR) is 157 cm³/mol. The first-order valence-electron chi connectivity index (χ1n) is 13.8. The maximum atomic E-state index is 6.89. The van der Waals surface area contributed by atoms with Crippen LogP contribution in [-0.4, -0.2) is 9.13 Å². The summed E-state index contributed by atoms with van der Waals surface area (Å²) < 4.78 is 14.3. The van der Waals surface area contributed by atoms with Crippen molar-refractivity contribution in [3.8, 4) is 23.0 Å². The standard InChI is InChI=1S/C36H20N3O/c1-4-12-26-21(9-1)23-16-18-29-32-34(23)38(26)28-14-6-3-11-25(28)36(32)33-30(40-29)19-17-24-22-10-2-5-13-27(22)39(35(24)33)31-15-7-8-20-37(31)36/h1-20H/q+1. The third kappa shape index (κ3) is 1.86. The van der Waals surface area contributed by atoms with Gasteiger partial charge in [-0.05, 0) is 54.6 Å². The lowest BCUT2D eigenvalue weighted by Gasteiger charge is -2.44. The number of benzene rings is 5. The Morgan fingerprint density at radius 2 is 1.12 bits per heavy atom. The molecule has 0 aliphatic carbocycles. The summed E-state index contributed by atoms with van der Waals surface area (Å²) in [6.07, 6.45) is 2.26. The molecule has 1 atom stereocenters. The first kappa shape index (κ1) is 19.7. The van der Waals surface area contributed by atoms with E-state index >= 15 is 0 Å². The van der Waals surface area contributed by atoms with Crippen LogP contribution in [0.15, 0.2) is 121 Å². The second-order valence-corrected chi connectivity index (χ2v) is 11.1. The van der Waals surface area contributed by atoms with Gasteiger partial charge in [-0.25, -0.2) is 4.57 Å². The van der Waals surface area contributed by atoms with Crippen molar-refractivity contribution in [2.45, 2.75) is 5.54 Å². The Kier molecular flexibility index (Phi) is 3.08. The van der Waals surface area contributed by atoms with Crippen LogP contribution in [-0.2, 0) is 5.54 Å². The molecule has 0 amide bonds. The Morgan fingerprint density at radius 3 is 1.88 bits per heavy atom. The van der Waals surface area contributed by atoms with Crippen LogP contribution in [0.3, 0.4) is 0 Å². The summed E-state index contributed by atoms with van der Waals surface area (Å²) in [4.78, 5) is 0. The highest BCUT2D eigenvalue weighted by molar-refractivity contribution is 6.15. The van der Waals surface area contributed by atoms with E-state index in [0.717, 1.165) is 17.3 Å². The highest BCUT2D eigenvalue weighted by atomic mass is 16.5. The SMILES string of the molecule is c1ccc2c(c1)-n1c3ccccc3c3ccc4c(c31)C21c2c(ccc3c5ccccc5n(c23)-c2cccc[n+]21)O4. The average Bonchev–Trinajstić information content (AvgIpc) is 3.54. The summed E-state index contributed by atoms with van der Waals surface area (Å²) in [5, 5.41) is 5.03. The number of fused-ring (bicyclic) bond motifs is 10. The highest BCUT2D eigenvalue weighted by Crippen LogP contribution is 2.60. The molecule has 5 aromatic carbocycles. The fraction of sp³-hybridized carbons (Fsp3) is 0.0278. The normalized spacial score (nSPS) is 17.3. The fourth-order valence-corrected chi connectivity index (χ4v) is 8.19. The van der Waals surface area contributed by atoms with Gasteiger partial charge in [0.2, 0.25) is 5.54 Å². The smallest absolute Gasteiger partial charge is 0.288 e. The number of pyridine rings is 1. The van der Waals surface area contributed by atoms with E-state index in [1.807, 2.05) is 0 Å². The molecule has 1 unspecified atom stereocenters. The van der Waals surface area contributed by atoms with E-state index in [4.69, 9.17) is 4.74 Å². The number of aromatic nitrogens is 3. The number of nitrogens with zero attached hydrogens (tertiary/aromatic N) is 3. The Balaban J connectivity index is 1.51. The zero-order chi connectivity index (χ0) is 25.7. The van der Waals surface area contributed by atoms with Crippen LogP contribution in [0.2, 0.25) is 0 Å². The number of rotatable bonds is 0. The molecule has 0 N–H and O–H groups in total. The molecule has 40 heavy (non-hydrogen) atoms. The molecule has 11 rings (SSSR count). The lowest BCUT2D eigenvalue weighted by atomic mass is 9.70. The molecule has 4 heteroatoms. The van der Waals surface area contributed by atoms with Crippen molar-refractivity contribution in [3.63, 3.8) is 0 Å². The van der Waals surface area contributed by atoms with E-state index in [1.165, 1.54) is 66.0 Å². The Labute approximate surface area is 228 Å². The number of hydrogen-bond acceptors (Lipinski definition) is 1.